The average Bonchev–Trinajstić information content (AvgIpc) is 3.42. The van der Waals surface area contributed by atoms with Crippen LogP contribution in [0, 0.1) is 11.7 Å². The summed E-state index contributed by atoms with van der Waals surface area (Å²) in [6, 6.07) is 5.79. The number of ether oxygens (including phenoxy) is 2. The van der Waals surface area contributed by atoms with Gasteiger partial charge in [0.15, 0.2) is 5.82 Å². The molecule has 194 valence electrons. The lowest BCUT2D eigenvalue weighted by molar-refractivity contribution is -0.181. The predicted molar refractivity (Wildman–Crippen MR) is 133 cm³/mol. The third kappa shape index (κ3) is 4.57. The number of hydrazone groups is 1. The summed E-state index contributed by atoms with van der Waals surface area (Å²) in [7, 11) is 1.24. The van der Waals surface area contributed by atoms with Crippen molar-refractivity contribution in [3.63, 3.8) is 0 Å². The second-order valence-electron chi connectivity index (χ2n) is 9.35. The monoisotopic (exact) mass is 542 g/mol. The third-order valence-electron chi connectivity index (χ3n) is 7.11. The molecule has 7 nitrogen and oxygen atoms in total. The maximum Gasteiger partial charge on any atom is 0.411 e. The first-order chi connectivity index (χ1) is 17.1. The Labute approximate surface area is 215 Å². The molecule has 1 N–H and O–H groups in total. The lowest BCUT2D eigenvalue weighted by Gasteiger charge is -2.45. The predicted octanol–water partition coefficient (Wildman–Crippen LogP) is 5.64. The average molecular weight is 543 g/mol. The highest BCUT2D eigenvalue weighted by atomic mass is 35.5. The molecule has 3 aliphatic heterocycles. The van der Waals surface area contributed by atoms with Crippen LogP contribution < -0.4 is 10.3 Å². The first-order valence-electron chi connectivity index (χ1n) is 11.6. The van der Waals surface area contributed by atoms with Gasteiger partial charge >= 0.3 is 6.09 Å². The zero-order valence-electron chi connectivity index (χ0n) is 19.8. The van der Waals surface area contributed by atoms with E-state index in [1.54, 1.807) is 11.1 Å². The maximum absolute atomic E-state index is 14.8. The smallest absolute Gasteiger partial charge is 0.411 e. The second kappa shape index (κ2) is 9.51. The van der Waals surface area contributed by atoms with Crippen LogP contribution in [-0.4, -0.2) is 56.6 Å². The zero-order valence-corrected chi connectivity index (χ0v) is 21.4. The van der Waals surface area contributed by atoms with Gasteiger partial charge < -0.3 is 14.4 Å². The molecule has 1 unspecified atom stereocenters. The molecule has 0 saturated carbocycles. The Morgan fingerprint density at radius 2 is 2.11 bits per heavy atom. The first-order valence-corrected chi connectivity index (χ1v) is 12.8. The minimum absolute atomic E-state index is 0.00660. The van der Waals surface area contributed by atoms with Gasteiger partial charge in [-0.3, -0.25) is 10.3 Å². The molecule has 5 rings (SSSR count). The van der Waals surface area contributed by atoms with Crippen molar-refractivity contribution in [2.45, 2.75) is 31.3 Å². The number of anilines is 2. The van der Waals surface area contributed by atoms with Gasteiger partial charge in [-0.15, -0.1) is 11.3 Å². The maximum atomic E-state index is 14.8. The fraction of sp³-hybridized carbons (Fsp3) is 0.500. The normalized spacial score (nSPS) is 22.9. The number of alkyl halides is 2. The number of likely N-dealkylation sites (tertiary alicyclic amines) is 1. The summed E-state index contributed by atoms with van der Waals surface area (Å²) < 4.78 is 54.4. The molecule has 12 heteroatoms. The minimum atomic E-state index is -3.03. The van der Waals surface area contributed by atoms with Gasteiger partial charge in [-0.1, -0.05) is 17.7 Å². The van der Waals surface area contributed by atoms with Crippen LogP contribution in [0.15, 0.2) is 29.4 Å². The van der Waals surface area contributed by atoms with E-state index in [1.165, 1.54) is 36.6 Å². The van der Waals surface area contributed by atoms with E-state index in [0.29, 0.717) is 48.2 Å². The van der Waals surface area contributed by atoms with Crippen molar-refractivity contribution in [3.05, 3.63) is 44.9 Å². The van der Waals surface area contributed by atoms with E-state index >= 15 is 0 Å². The van der Waals surface area contributed by atoms with Crippen molar-refractivity contribution in [1.82, 2.24) is 4.90 Å². The summed E-state index contributed by atoms with van der Waals surface area (Å²) in [4.78, 5) is 14.5. The molecule has 1 aromatic carbocycles. The lowest BCUT2D eigenvalue weighted by atomic mass is 9.84. The van der Waals surface area contributed by atoms with E-state index < -0.39 is 30.0 Å². The molecule has 0 radical (unpaired) electrons. The summed E-state index contributed by atoms with van der Waals surface area (Å²) in [6.45, 7) is 3.72. The number of piperidine rings is 1. The van der Waals surface area contributed by atoms with Crippen molar-refractivity contribution in [3.8, 4) is 0 Å². The number of thiophene rings is 1. The number of hydrogen-bond donors (Lipinski definition) is 1. The number of hydrogen-bond acceptors (Lipinski definition) is 7. The van der Waals surface area contributed by atoms with Crippen molar-refractivity contribution < 1.29 is 27.4 Å². The molecular weight excluding hydrogens is 517 g/mol. The van der Waals surface area contributed by atoms with Crippen molar-refractivity contribution >= 4 is 46.1 Å². The van der Waals surface area contributed by atoms with Crippen LogP contribution in [0.2, 0.25) is 4.34 Å². The molecule has 2 aromatic rings. The van der Waals surface area contributed by atoms with Gasteiger partial charge in [0.2, 0.25) is 0 Å². The topological polar surface area (TPSA) is 66.4 Å². The SMILES string of the molecule is COC(=O)Nc1cccc(F)c1N1CC(CN2CCC3(CC2)OCC(F)(F)c2cc(Cl)sc23)C(C)=N1. The summed E-state index contributed by atoms with van der Waals surface area (Å²) in [5.74, 6) is -3.50. The van der Waals surface area contributed by atoms with Crippen LogP contribution in [0.25, 0.3) is 0 Å². The van der Waals surface area contributed by atoms with Crippen LogP contribution in [0.3, 0.4) is 0 Å². The standard InChI is InChI=1S/C24H26ClF3N4O3S/c1-14-15(12-32(30-14)20-17(26)4-3-5-18(20)29-22(33)34-2)11-31-8-6-23(7-9-31)21-16(10-19(25)36-21)24(27,28)13-35-23/h3-5,10,15H,6-9,11-13H2,1-2H3,(H,29,33). The Kier molecular flexibility index (Phi) is 6.69. The van der Waals surface area contributed by atoms with Gasteiger partial charge in [0.1, 0.15) is 17.9 Å². The molecular formula is C24H26ClF3N4O3S. The number of carbonyl (C=O) groups is 1. The highest BCUT2D eigenvalue weighted by Crippen LogP contribution is 2.52. The third-order valence-corrected chi connectivity index (χ3v) is 8.56. The fourth-order valence-electron chi connectivity index (χ4n) is 5.15. The Bertz CT molecular complexity index is 1200. The van der Waals surface area contributed by atoms with E-state index in [0.717, 1.165) is 5.71 Å². The van der Waals surface area contributed by atoms with Gasteiger partial charge in [-0.05, 0) is 38.0 Å². The number of nitrogens with one attached hydrogen (secondary N) is 1. The second-order valence-corrected chi connectivity index (χ2v) is 11.0. The molecule has 1 spiro atoms. The summed E-state index contributed by atoms with van der Waals surface area (Å²) in [6.07, 6.45) is 0.471. The molecule has 1 fully saturated rings. The molecule has 1 saturated heterocycles. The van der Waals surface area contributed by atoms with Crippen LogP contribution in [0.1, 0.15) is 30.2 Å². The molecule has 4 heterocycles. The van der Waals surface area contributed by atoms with Gasteiger partial charge in [0, 0.05) is 41.7 Å². The summed E-state index contributed by atoms with van der Waals surface area (Å²) in [5.41, 5.74) is 0.561. The number of para-hydroxylation sites is 1. The first kappa shape index (κ1) is 25.3. The van der Waals surface area contributed by atoms with Gasteiger partial charge in [-0.2, -0.15) is 13.9 Å². The van der Waals surface area contributed by atoms with Crippen LogP contribution in [-0.2, 0) is 21.0 Å². The van der Waals surface area contributed by atoms with Crippen LogP contribution >= 0.6 is 22.9 Å². The Morgan fingerprint density at radius 1 is 1.36 bits per heavy atom. The van der Waals surface area contributed by atoms with E-state index in [-0.39, 0.29) is 22.9 Å². The summed E-state index contributed by atoms with van der Waals surface area (Å²) in [5, 5.41) is 8.67. The number of methoxy groups -OCH3 is 1. The Balaban J connectivity index is 1.26. The molecule has 36 heavy (non-hydrogen) atoms. The number of carbonyl (C=O) groups excluding carboxylic acids is 1. The molecule has 3 aliphatic rings. The Hall–Kier alpha value is -2.34. The minimum Gasteiger partial charge on any atom is -0.453 e. The molecule has 0 bridgehead atoms. The van der Waals surface area contributed by atoms with Gasteiger partial charge in [0.25, 0.3) is 5.92 Å². The van der Waals surface area contributed by atoms with E-state index in [9.17, 15) is 18.0 Å². The van der Waals surface area contributed by atoms with Crippen molar-refractivity contribution in [2.75, 3.05) is 50.2 Å². The van der Waals surface area contributed by atoms with E-state index in [2.05, 4.69) is 20.1 Å². The van der Waals surface area contributed by atoms with Crippen LogP contribution in [0.5, 0.6) is 0 Å². The molecule has 0 aliphatic carbocycles. The van der Waals surface area contributed by atoms with Crippen molar-refractivity contribution in [2.24, 2.45) is 11.0 Å². The molecule has 1 amide bonds. The molecule has 1 aromatic heterocycles. The van der Waals surface area contributed by atoms with Crippen LogP contribution in [0.4, 0.5) is 29.3 Å². The largest absolute Gasteiger partial charge is 0.453 e. The zero-order chi connectivity index (χ0) is 25.7. The highest BCUT2D eigenvalue weighted by Gasteiger charge is 2.51. The number of halogens is 4. The summed E-state index contributed by atoms with van der Waals surface area (Å²) >= 11 is 7.29. The van der Waals surface area contributed by atoms with Gasteiger partial charge in [-0.25, -0.2) is 9.18 Å². The van der Waals surface area contributed by atoms with E-state index in [4.69, 9.17) is 16.3 Å². The number of nitrogens with zero attached hydrogens (tertiary/aromatic N) is 3. The van der Waals surface area contributed by atoms with E-state index in [1.807, 2.05) is 6.92 Å². The number of fused-ring (bicyclic) bond motifs is 2. The quantitative estimate of drug-likeness (QED) is 0.541. The fourth-order valence-corrected chi connectivity index (χ4v) is 6.63. The number of benzene rings is 1. The van der Waals surface area contributed by atoms with Crippen molar-refractivity contribution in [1.29, 1.82) is 0 Å². The lowest BCUT2D eigenvalue weighted by Crippen LogP contribution is -2.50. The number of rotatable bonds is 4. The highest BCUT2D eigenvalue weighted by molar-refractivity contribution is 7.16. The number of amides is 1. The Morgan fingerprint density at radius 3 is 2.83 bits per heavy atom. The van der Waals surface area contributed by atoms with Gasteiger partial charge in [0.05, 0.1) is 23.7 Å². The molecule has 1 atom stereocenters.